The zero-order valence-corrected chi connectivity index (χ0v) is 28.4. The highest BCUT2D eigenvalue weighted by atomic mass is 16.3. The van der Waals surface area contributed by atoms with Gasteiger partial charge in [0.15, 0.2) is 0 Å². The number of rotatable bonds is 6. The van der Waals surface area contributed by atoms with Gasteiger partial charge in [-0.05, 0) is 110 Å². The highest BCUT2D eigenvalue weighted by Crippen LogP contribution is 2.40. The lowest BCUT2D eigenvalue weighted by Crippen LogP contribution is -2.09. The number of benzene rings is 9. The van der Waals surface area contributed by atoms with Crippen LogP contribution in [0.25, 0.3) is 76.9 Å². The predicted octanol–water partition coefficient (Wildman–Crippen LogP) is 14.4. The highest BCUT2D eigenvalue weighted by molar-refractivity contribution is 6.09. The summed E-state index contributed by atoms with van der Waals surface area (Å²) in [7, 11) is 0. The number of anilines is 3. The van der Waals surface area contributed by atoms with Gasteiger partial charge >= 0.3 is 0 Å². The van der Waals surface area contributed by atoms with Crippen LogP contribution in [0.4, 0.5) is 17.1 Å². The molecule has 10 rings (SSSR count). The van der Waals surface area contributed by atoms with Crippen molar-refractivity contribution >= 4 is 60.5 Å². The fourth-order valence-electron chi connectivity index (χ4n) is 7.60. The summed E-state index contributed by atoms with van der Waals surface area (Å²) in [5.41, 5.74) is 12.2. The molecule has 1 heterocycles. The number of fused-ring (bicyclic) bond motifs is 6. The molecule has 2 nitrogen and oxygen atoms in total. The summed E-state index contributed by atoms with van der Waals surface area (Å²) < 4.78 is 6.33. The van der Waals surface area contributed by atoms with E-state index in [-0.39, 0.29) is 0 Å². The maximum Gasteiger partial charge on any atom is 0.137 e. The van der Waals surface area contributed by atoms with E-state index in [1.54, 1.807) is 0 Å². The van der Waals surface area contributed by atoms with Crippen molar-refractivity contribution in [1.82, 2.24) is 0 Å². The van der Waals surface area contributed by atoms with Gasteiger partial charge in [-0.25, -0.2) is 0 Å². The van der Waals surface area contributed by atoms with Crippen LogP contribution in [0.15, 0.2) is 205 Å². The van der Waals surface area contributed by atoms with Gasteiger partial charge in [0.05, 0.1) is 0 Å². The molecule has 0 amide bonds. The van der Waals surface area contributed by atoms with Crippen LogP contribution in [-0.2, 0) is 0 Å². The van der Waals surface area contributed by atoms with Gasteiger partial charge < -0.3 is 9.32 Å². The fourth-order valence-corrected chi connectivity index (χ4v) is 7.60. The molecule has 0 saturated carbocycles. The van der Waals surface area contributed by atoms with Crippen LogP contribution >= 0.6 is 0 Å². The molecule has 2 heteroatoms. The van der Waals surface area contributed by atoms with E-state index in [9.17, 15) is 0 Å². The summed E-state index contributed by atoms with van der Waals surface area (Å²) in [6, 6.07) is 71.7. The molecule has 52 heavy (non-hydrogen) atoms. The zero-order valence-electron chi connectivity index (χ0n) is 28.4. The Morgan fingerprint density at radius 3 is 1.29 bits per heavy atom. The van der Waals surface area contributed by atoms with E-state index in [0.29, 0.717) is 0 Å². The molecule has 0 atom stereocenters. The Morgan fingerprint density at radius 1 is 0.269 bits per heavy atom. The summed E-state index contributed by atoms with van der Waals surface area (Å²) >= 11 is 0. The third-order valence-electron chi connectivity index (χ3n) is 10.3. The molecule has 0 fully saturated rings. The van der Waals surface area contributed by atoms with Crippen molar-refractivity contribution in [3.63, 3.8) is 0 Å². The largest absolute Gasteiger partial charge is 0.456 e. The first-order valence-electron chi connectivity index (χ1n) is 17.7. The summed E-state index contributed by atoms with van der Waals surface area (Å²) in [4.78, 5) is 2.31. The van der Waals surface area contributed by atoms with Crippen molar-refractivity contribution in [3.05, 3.63) is 200 Å². The van der Waals surface area contributed by atoms with Crippen molar-refractivity contribution in [2.45, 2.75) is 0 Å². The summed E-state index contributed by atoms with van der Waals surface area (Å²) in [6.45, 7) is 0. The Labute approximate surface area is 302 Å². The number of furan rings is 1. The normalized spacial score (nSPS) is 11.5. The molecule has 0 N–H and O–H groups in total. The number of hydrogen-bond donors (Lipinski definition) is 0. The van der Waals surface area contributed by atoms with E-state index in [4.69, 9.17) is 4.42 Å². The molecule has 0 saturated heterocycles. The second kappa shape index (κ2) is 12.5. The van der Waals surface area contributed by atoms with Gasteiger partial charge in [0.2, 0.25) is 0 Å². The minimum Gasteiger partial charge on any atom is -0.456 e. The van der Waals surface area contributed by atoms with Gasteiger partial charge in [-0.2, -0.15) is 0 Å². The van der Waals surface area contributed by atoms with Crippen molar-refractivity contribution in [1.29, 1.82) is 0 Å². The van der Waals surface area contributed by atoms with Crippen LogP contribution in [0, 0.1) is 0 Å². The van der Waals surface area contributed by atoms with Gasteiger partial charge in [0.25, 0.3) is 0 Å². The summed E-state index contributed by atoms with van der Waals surface area (Å²) in [6.07, 6.45) is 0. The van der Waals surface area contributed by atoms with Crippen LogP contribution in [0.2, 0.25) is 0 Å². The molecule has 0 aliphatic heterocycles. The van der Waals surface area contributed by atoms with Gasteiger partial charge in [-0.1, -0.05) is 140 Å². The van der Waals surface area contributed by atoms with Gasteiger partial charge in [0.1, 0.15) is 11.2 Å². The lowest BCUT2D eigenvalue weighted by molar-refractivity contribution is 0.669. The van der Waals surface area contributed by atoms with Crippen molar-refractivity contribution in [2.75, 3.05) is 4.90 Å². The second-order valence-corrected chi connectivity index (χ2v) is 13.4. The van der Waals surface area contributed by atoms with Gasteiger partial charge in [0, 0.05) is 33.9 Å². The molecule has 0 aliphatic carbocycles. The fraction of sp³-hybridized carbons (Fsp3) is 0. The zero-order chi connectivity index (χ0) is 34.4. The lowest BCUT2D eigenvalue weighted by Gasteiger charge is -2.26. The third-order valence-corrected chi connectivity index (χ3v) is 10.3. The Bertz CT molecular complexity index is 2870. The van der Waals surface area contributed by atoms with E-state index >= 15 is 0 Å². The summed E-state index contributed by atoms with van der Waals surface area (Å²) in [5.74, 6) is 0. The van der Waals surface area contributed by atoms with Crippen LogP contribution in [0.3, 0.4) is 0 Å². The molecular formula is C50H33NO. The Hall–Kier alpha value is -6.90. The SMILES string of the molecule is c1ccc(-c2ccc(N(c3ccc(-c4ccc5c(ccc6cc(-c7ccccc7)ccc65)c4)cc3)c3ccc4c(c3)oc3ccccc34)cc2)cc1. The molecule has 0 bridgehead atoms. The van der Waals surface area contributed by atoms with Crippen LogP contribution in [-0.4, -0.2) is 0 Å². The van der Waals surface area contributed by atoms with Crippen LogP contribution in [0.1, 0.15) is 0 Å². The van der Waals surface area contributed by atoms with E-state index in [1.165, 1.54) is 54.9 Å². The average molecular weight is 664 g/mol. The molecule has 0 unspecified atom stereocenters. The lowest BCUT2D eigenvalue weighted by atomic mass is 9.95. The minimum absolute atomic E-state index is 0.876. The van der Waals surface area contributed by atoms with Gasteiger partial charge in [-0.3, -0.25) is 0 Å². The standard InChI is InChI=1S/C50H33NO/c1-3-9-34(10-4-1)36-17-23-42(24-18-36)51(44-27-30-48-47-13-7-8-14-49(47)52-50(48)33-44)43-25-19-37(20-26-43)39-22-29-46-41(32-39)16-15-40-31-38(21-28-45(40)46)35-11-5-2-6-12-35/h1-33H. The maximum absolute atomic E-state index is 6.33. The molecule has 10 aromatic rings. The van der Waals surface area contributed by atoms with Gasteiger partial charge in [-0.15, -0.1) is 0 Å². The monoisotopic (exact) mass is 663 g/mol. The Kier molecular flexibility index (Phi) is 7.18. The topological polar surface area (TPSA) is 16.4 Å². The second-order valence-electron chi connectivity index (χ2n) is 13.4. The first kappa shape index (κ1) is 30.0. The first-order chi connectivity index (χ1) is 25.7. The van der Waals surface area contributed by atoms with Crippen LogP contribution in [0.5, 0.6) is 0 Å². The Balaban J connectivity index is 1.02. The van der Waals surface area contributed by atoms with E-state index in [2.05, 4.69) is 193 Å². The Morgan fingerprint density at radius 2 is 0.692 bits per heavy atom. The summed E-state index contributed by atoms with van der Waals surface area (Å²) in [5, 5.41) is 7.28. The highest BCUT2D eigenvalue weighted by Gasteiger charge is 2.16. The average Bonchev–Trinajstić information content (AvgIpc) is 3.60. The van der Waals surface area contributed by atoms with E-state index in [0.717, 1.165) is 39.0 Å². The molecular weight excluding hydrogens is 631 g/mol. The van der Waals surface area contributed by atoms with Crippen LogP contribution < -0.4 is 4.90 Å². The molecule has 244 valence electrons. The van der Waals surface area contributed by atoms with Crippen molar-refractivity contribution in [2.24, 2.45) is 0 Å². The van der Waals surface area contributed by atoms with E-state index < -0.39 is 0 Å². The van der Waals surface area contributed by atoms with Crippen molar-refractivity contribution < 1.29 is 4.42 Å². The quantitative estimate of drug-likeness (QED) is 0.165. The number of nitrogens with zero attached hydrogens (tertiary/aromatic N) is 1. The molecule has 0 aliphatic rings. The molecule has 9 aromatic carbocycles. The first-order valence-corrected chi connectivity index (χ1v) is 17.7. The van der Waals surface area contributed by atoms with Crippen molar-refractivity contribution in [3.8, 4) is 33.4 Å². The molecule has 0 radical (unpaired) electrons. The number of para-hydroxylation sites is 1. The third kappa shape index (κ3) is 5.30. The maximum atomic E-state index is 6.33. The van der Waals surface area contributed by atoms with E-state index in [1.807, 2.05) is 12.1 Å². The minimum atomic E-state index is 0.876. The predicted molar refractivity (Wildman–Crippen MR) is 220 cm³/mol. The number of hydrogen-bond acceptors (Lipinski definition) is 2. The molecule has 0 spiro atoms. The smallest absolute Gasteiger partial charge is 0.137 e. The molecule has 1 aromatic heterocycles.